The van der Waals surface area contributed by atoms with E-state index in [0.717, 1.165) is 11.6 Å². The Morgan fingerprint density at radius 1 is 1.28 bits per heavy atom. The highest BCUT2D eigenvalue weighted by Gasteiger charge is 2.02. The van der Waals surface area contributed by atoms with Crippen LogP contribution in [0.3, 0.4) is 0 Å². The zero-order valence-corrected chi connectivity index (χ0v) is 12.1. The molecule has 0 radical (unpaired) electrons. The average molecular weight is 260 g/mol. The standard InChI is InChI=1S/C15H20N2S/c1-4-11(2)13-5-7-14(8-6-13)17-10-15-9-16-12(3)18-15/h5-9,11,17H,4,10H2,1-3H3. The fraction of sp³-hybridized carbons (Fsp3) is 0.400. The average Bonchev–Trinajstić information content (AvgIpc) is 2.82. The van der Waals surface area contributed by atoms with Gasteiger partial charge in [0.15, 0.2) is 0 Å². The van der Waals surface area contributed by atoms with Crippen molar-refractivity contribution in [1.29, 1.82) is 0 Å². The fourth-order valence-corrected chi connectivity index (χ4v) is 2.58. The minimum atomic E-state index is 0.642. The van der Waals surface area contributed by atoms with Gasteiger partial charge in [-0.05, 0) is 37.0 Å². The van der Waals surface area contributed by atoms with Crippen LogP contribution in [0.15, 0.2) is 30.5 Å². The predicted octanol–water partition coefficient (Wildman–Crippen LogP) is 4.58. The molecule has 3 heteroatoms. The second kappa shape index (κ2) is 6.01. The summed E-state index contributed by atoms with van der Waals surface area (Å²) in [5.74, 6) is 0.642. The first-order valence-corrected chi connectivity index (χ1v) is 7.26. The number of aryl methyl sites for hydroxylation is 1. The molecule has 0 aliphatic carbocycles. The first-order chi connectivity index (χ1) is 8.69. The summed E-state index contributed by atoms with van der Waals surface area (Å²) in [5, 5.41) is 4.55. The molecule has 0 saturated heterocycles. The van der Waals surface area contributed by atoms with Crippen LogP contribution >= 0.6 is 11.3 Å². The lowest BCUT2D eigenvalue weighted by Gasteiger charge is -2.10. The van der Waals surface area contributed by atoms with E-state index in [1.165, 1.54) is 22.5 Å². The Balaban J connectivity index is 1.94. The lowest BCUT2D eigenvalue weighted by molar-refractivity contribution is 0.734. The second-order valence-electron chi connectivity index (χ2n) is 4.63. The molecule has 1 aromatic carbocycles. The smallest absolute Gasteiger partial charge is 0.0897 e. The fourth-order valence-electron chi connectivity index (χ4n) is 1.84. The second-order valence-corrected chi connectivity index (χ2v) is 5.95. The largest absolute Gasteiger partial charge is 0.380 e. The van der Waals surface area contributed by atoms with Crippen molar-refractivity contribution in [3.63, 3.8) is 0 Å². The molecule has 0 aliphatic rings. The van der Waals surface area contributed by atoms with Gasteiger partial charge >= 0.3 is 0 Å². The maximum Gasteiger partial charge on any atom is 0.0897 e. The Labute approximate surface area is 113 Å². The van der Waals surface area contributed by atoms with Crippen LogP contribution in [0.5, 0.6) is 0 Å². The summed E-state index contributed by atoms with van der Waals surface area (Å²) in [4.78, 5) is 5.53. The number of anilines is 1. The van der Waals surface area contributed by atoms with Gasteiger partial charge in [-0.15, -0.1) is 11.3 Å². The van der Waals surface area contributed by atoms with E-state index >= 15 is 0 Å². The van der Waals surface area contributed by atoms with Gasteiger partial charge in [-0.1, -0.05) is 26.0 Å². The molecule has 1 atom stereocenters. The van der Waals surface area contributed by atoms with Crippen LogP contribution < -0.4 is 5.32 Å². The number of aromatic nitrogens is 1. The first kappa shape index (κ1) is 13.1. The summed E-state index contributed by atoms with van der Waals surface area (Å²) < 4.78 is 0. The molecule has 0 fully saturated rings. The number of thiazole rings is 1. The van der Waals surface area contributed by atoms with E-state index in [2.05, 4.69) is 48.4 Å². The molecule has 96 valence electrons. The molecular weight excluding hydrogens is 240 g/mol. The number of hydrogen-bond acceptors (Lipinski definition) is 3. The quantitative estimate of drug-likeness (QED) is 0.851. The van der Waals surface area contributed by atoms with Gasteiger partial charge in [-0.25, -0.2) is 4.98 Å². The van der Waals surface area contributed by atoms with Gasteiger partial charge < -0.3 is 5.32 Å². The first-order valence-electron chi connectivity index (χ1n) is 6.44. The third-order valence-electron chi connectivity index (χ3n) is 3.23. The molecular formula is C15H20N2S. The number of nitrogens with one attached hydrogen (secondary N) is 1. The summed E-state index contributed by atoms with van der Waals surface area (Å²) in [6.45, 7) is 7.38. The van der Waals surface area contributed by atoms with Gasteiger partial charge in [0, 0.05) is 16.8 Å². The van der Waals surface area contributed by atoms with Crippen molar-refractivity contribution in [3.05, 3.63) is 45.9 Å². The van der Waals surface area contributed by atoms with Crippen LogP contribution in [-0.2, 0) is 6.54 Å². The summed E-state index contributed by atoms with van der Waals surface area (Å²) in [5.41, 5.74) is 2.59. The van der Waals surface area contributed by atoms with Gasteiger partial charge in [0.2, 0.25) is 0 Å². The van der Waals surface area contributed by atoms with Gasteiger partial charge in [-0.3, -0.25) is 0 Å². The van der Waals surface area contributed by atoms with Crippen LogP contribution in [0.4, 0.5) is 5.69 Å². The monoisotopic (exact) mass is 260 g/mol. The lowest BCUT2D eigenvalue weighted by atomic mass is 9.99. The minimum Gasteiger partial charge on any atom is -0.380 e. The molecule has 0 saturated carbocycles. The Bertz CT molecular complexity index is 487. The summed E-state index contributed by atoms with van der Waals surface area (Å²) in [7, 11) is 0. The number of nitrogens with zero attached hydrogens (tertiary/aromatic N) is 1. The van der Waals surface area contributed by atoms with E-state index < -0.39 is 0 Å². The molecule has 2 aromatic rings. The highest BCUT2D eigenvalue weighted by Crippen LogP contribution is 2.21. The van der Waals surface area contributed by atoms with Crippen LogP contribution in [0.25, 0.3) is 0 Å². The van der Waals surface area contributed by atoms with Crippen molar-refractivity contribution in [2.75, 3.05) is 5.32 Å². The van der Waals surface area contributed by atoms with E-state index in [0.29, 0.717) is 5.92 Å². The molecule has 2 nitrogen and oxygen atoms in total. The van der Waals surface area contributed by atoms with Crippen LogP contribution in [0.2, 0.25) is 0 Å². The Morgan fingerprint density at radius 3 is 2.56 bits per heavy atom. The zero-order chi connectivity index (χ0) is 13.0. The number of hydrogen-bond donors (Lipinski definition) is 1. The molecule has 0 amide bonds. The Morgan fingerprint density at radius 2 is 2.00 bits per heavy atom. The third-order valence-corrected chi connectivity index (χ3v) is 4.14. The summed E-state index contributed by atoms with van der Waals surface area (Å²) in [6, 6.07) is 8.76. The van der Waals surface area contributed by atoms with E-state index in [1.54, 1.807) is 11.3 Å². The maximum absolute atomic E-state index is 4.26. The van der Waals surface area contributed by atoms with Crippen LogP contribution in [-0.4, -0.2) is 4.98 Å². The molecule has 1 aromatic heterocycles. The number of rotatable bonds is 5. The normalized spacial score (nSPS) is 12.4. The van der Waals surface area contributed by atoms with Crippen molar-refractivity contribution >= 4 is 17.0 Å². The van der Waals surface area contributed by atoms with Crippen molar-refractivity contribution in [2.45, 2.75) is 39.7 Å². The molecule has 2 rings (SSSR count). The SMILES string of the molecule is CCC(C)c1ccc(NCc2cnc(C)s2)cc1. The van der Waals surface area contributed by atoms with Crippen molar-refractivity contribution < 1.29 is 0 Å². The zero-order valence-electron chi connectivity index (χ0n) is 11.2. The van der Waals surface area contributed by atoms with E-state index in [1.807, 2.05) is 13.1 Å². The molecule has 1 heterocycles. The summed E-state index contributed by atoms with van der Waals surface area (Å²) >= 11 is 1.75. The van der Waals surface area contributed by atoms with Crippen LogP contribution in [0.1, 0.15) is 41.6 Å². The van der Waals surface area contributed by atoms with Crippen LogP contribution in [0, 0.1) is 6.92 Å². The third kappa shape index (κ3) is 3.33. The van der Waals surface area contributed by atoms with E-state index in [-0.39, 0.29) is 0 Å². The molecule has 0 aliphatic heterocycles. The van der Waals surface area contributed by atoms with Crippen molar-refractivity contribution in [2.24, 2.45) is 0 Å². The lowest BCUT2D eigenvalue weighted by Crippen LogP contribution is -1.98. The van der Waals surface area contributed by atoms with Gasteiger partial charge in [0.05, 0.1) is 11.6 Å². The van der Waals surface area contributed by atoms with Gasteiger partial charge in [0.1, 0.15) is 0 Å². The van der Waals surface area contributed by atoms with Gasteiger partial charge in [-0.2, -0.15) is 0 Å². The number of benzene rings is 1. The molecule has 0 bridgehead atoms. The topological polar surface area (TPSA) is 24.9 Å². The van der Waals surface area contributed by atoms with Crippen molar-refractivity contribution in [3.8, 4) is 0 Å². The maximum atomic E-state index is 4.26. The Hall–Kier alpha value is -1.35. The molecule has 0 spiro atoms. The highest BCUT2D eigenvalue weighted by molar-refractivity contribution is 7.11. The van der Waals surface area contributed by atoms with Gasteiger partial charge in [0.25, 0.3) is 0 Å². The van der Waals surface area contributed by atoms with Crippen molar-refractivity contribution in [1.82, 2.24) is 4.98 Å². The molecule has 18 heavy (non-hydrogen) atoms. The Kier molecular flexibility index (Phi) is 4.37. The minimum absolute atomic E-state index is 0.642. The predicted molar refractivity (Wildman–Crippen MR) is 79.3 cm³/mol. The molecule has 1 unspecified atom stereocenters. The highest BCUT2D eigenvalue weighted by atomic mass is 32.1. The van der Waals surface area contributed by atoms with E-state index in [4.69, 9.17) is 0 Å². The van der Waals surface area contributed by atoms with E-state index in [9.17, 15) is 0 Å². The summed E-state index contributed by atoms with van der Waals surface area (Å²) in [6.07, 6.45) is 3.13. The molecule has 1 N–H and O–H groups in total.